The molecule has 0 saturated carbocycles. The van der Waals surface area contributed by atoms with Crippen molar-refractivity contribution < 1.29 is 5.11 Å². The molecular formula is C112H119N27O6. The van der Waals surface area contributed by atoms with Gasteiger partial charge in [-0.1, -0.05) is 55.5 Å². The van der Waals surface area contributed by atoms with Crippen molar-refractivity contribution in [2.75, 3.05) is 104 Å². The summed E-state index contributed by atoms with van der Waals surface area (Å²) < 4.78 is 17.4. The zero-order chi connectivity index (χ0) is 99.4. The summed E-state index contributed by atoms with van der Waals surface area (Å²) in [6.45, 7) is 19.8. The SMILES string of the molecule is CCN1CCC(c2ccc3nc(-c4ccc5c(cnn5C)c4)cc(=O)n3c2)CC1.Cc1cn2nc(-c3cc(=O)n4cc(N5CCC6C(CCN6C)C5)ccc4n3)cc2c(C)n1.Cn1cc2cc(-c3cc(=O)n4cc(C5CCNCC5)ccc4n3)ccc2n1.Cn1ncc2cc(-c3cc(=O)n4cc(C5CCN(CCO)CC5)ccc4n3)ccc21.Cn1ncc2cc(-c3cc(=O)n4cc(C5CCNCC5)ccc4n3)ccc21. The predicted molar refractivity (Wildman–Crippen MR) is 568 cm³/mol. The highest BCUT2D eigenvalue weighted by Crippen LogP contribution is 2.37. The molecule has 2 atom stereocenters. The first-order chi connectivity index (χ1) is 70.6. The van der Waals surface area contributed by atoms with Crippen LogP contribution in [-0.2, 0) is 28.2 Å². The Morgan fingerprint density at radius 3 is 1.20 bits per heavy atom. The van der Waals surface area contributed by atoms with E-state index in [9.17, 15) is 24.0 Å². The van der Waals surface area contributed by atoms with Crippen LogP contribution >= 0.6 is 0 Å². The third kappa shape index (κ3) is 19.7. The fraction of sp³-hybridized carbons (Fsp3) is 0.339. The quantitative estimate of drug-likeness (QED) is 0.0965. The summed E-state index contributed by atoms with van der Waals surface area (Å²) >= 11 is 0. The molecule has 22 heterocycles. The number of hydrogen-bond donors (Lipinski definition) is 3. The van der Waals surface area contributed by atoms with Gasteiger partial charge in [0.25, 0.3) is 27.8 Å². The first-order valence-corrected chi connectivity index (χ1v) is 50.7. The summed E-state index contributed by atoms with van der Waals surface area (Å²) in [6.07, 6.45) is 30.4. The Morgan fingerprint density at radius 1 is 0.359 bits per heavy atom. The van der Waals surface area contributed by atoms with Gasteiger partial charge in [0.2, 0.25) is 0 Å². The van der Waals surface area contributed by atoms with Crippen molar-refractivity contribution in [1.82, 2.24) is 126 Å². The lowest BCUT2D eigenvalue weighted by Gasteiger charge is -2.38. The Hall–Kier alpha value is -15.3. The van der Waals surface area contributed by atoms with E-state index in [0.29, 0.717) is 98.0 Å². The molecule has 6 aliphatic heterocycles. The Bertz CT molecular complexity index is 8510. The number of aryl methyl sites for hydroxylation is 6. The van der Waals surface area contributed by atoms with Crippen LogP contribution in [-0.4, -0.2) is 225 Å². The van der Waals surface area contributed by atoms with Crippen molar-refractivity contribution in [2.24, 2.45) is 34.1 Å². The molecule has 26 rings (SSSR count). The summed E-state index contributed by atoms with van der Waals surface area (Å²) in [5.74, 6) is 2.68. The highest BCUT2D eigenvalue weighted by Gasteiger charge is 2.37. The van der Waals surface area contributed by atoms with Crippen LogP contribution in [0.15, 0.2) is 256 Å². The standard InChI is InChI=1S/C24H27N7O.C23H25N5O2.C23H25N5O.2C21H21N5O/c1-15-12-31-22(16(2)25-15)10-20(27-31)19-11-24(32)30-14-18(4-5-23(30)26-19)29-9-7-21-17(13-29)6-8-28(21)3;1-26-21-4-2-17(12-19(21)14-24-26)20-13-23(30)28-15-18(3-5-22(28)25-20)16-6-8-27(9-7-16)10-11-29;1-3-27-10-8-16(9-11-27)18-5-7-22-25-20(13-23(29)28(22)15-18)17-4-6-21-19(12-17)14-24-26(21)2;1-25-19-4-2-15(10-17(19)12-23-25)18-11-21(27)26-13-16(3-5-20(26)24-18)14-6-8-22-9-7-14;1-25-12-17-10-15(2-4-18(17)24-25)19-11-21(27)26-13-16(3-5-20(26)23-19)14-6-8-22-9-7-14/h4-5,10-12,14,17,21H,6-9,13H2,1-3H3;2-5,12-16,29H,6-11H2,1H3;4-7,12-16H,3,8-11H2,1-2H3;2*2-5,10-14,22H,6-9H2,1H3. The molecular weight excluding hydrogens is 1820 g/mol. The number of nitrogens with zero attached hydrogens (tertiary/aromatic N) is 25. The van der Waals surface area contributed by atoms with Crippen LogP contribution in [0.3, 0.4) is 0 Å². The van der Waals surface area contributed by atoms with E-state index in [4.69, 9.17) is 30.0 Å². The minimum atomic E-state index is -0.0922. The van der Waals surface area contributed by atoms with Crippen molar-refractivity contribution in [3.8, 4) is 56.4 Å². The molecule has 0 radical (unpaired) electrons. The predicted octanol–water partition coefficient (Wildman–Crippen LogP) is 13.8. The fourth-order valence-electron chi connectivity index (χ4n) is 22.3. The lowest BCUT2D eigenvalue weighted by Crippen LogP contribution is -2.45. The van der Waals surface area contributed by atoms with Crippen molar-refractivity contribution in [1.29, 1.82) is 0 Å². The van der Waals surface area contributed by atoms with E-state index in [1.165, 1.54) is 41.6 Å². The molecule has 33 nitrogen and oxygen atoms in total. The van der Waals surface area contributed by atoms with Gasteiger partial charge < -0.3 is 35.3 Å². The number of likely N-dealkylation sites (tertiary alicyclic amines) is 3. The first-order valence-electron chi connectivity index (χ1n) is 50.7. The minimum absolute atomic E-state index is 0.0378. The third-order valence-corrected chi connectivity index (χ3v) is 30.5. The summed E-state index contributed by atoms with van der Waals surface area (Å²) in [7, 11) is 9.90. The van der Waals surface area contributed by atoms with E-state index < -0.39 is 0 Å². The zero-order valence-corrected chi connectivity index (χ0v) is 83.0. The Balaban J connectivity index is 0.000000103. The van der Waals surface area contributed by atoms with Crippen molar-refractivity contribution in [2.45, 2.75) is 115 Å². The highest BCUT2D eigenvalue weighted by atomic mass is 16.3. The Labute approximate surface area is 835 Å². The Kier molecular flexibility index (Phi) is 26.4. The third-order valence-electron chi connectivity index (χ3n) is 30.5. The lowest BCUT2D eigenvalue weighted by atomic mass is 9.90. The average molecular weight is 1940 g/mol. The normalized spacial score (nSPS) is 17.1. The molecule has 0 bridgehead atoms. The second kappa shape index (κ2) is 40.5. The second-order valence-corrected chi connectivity index (χ2v) is 39.7. The number of fused-ring (bicyclic) bond motifs is 11. The van der Waals surface area contributed by atoms with Crippen molar-refractivity contribution in [3.63, 3.8) is 0 Å². The molecule has 738 valence electrons. The van der Waals surface area contributed by atoms with Gasteiger partial charge in [-0.3, -0.25) is 69.7 Å². The first kappa shape index (κ1) is 94.6. The molecule has 6 saturated heterocycles. The molecule has 4 aromatic carbocycles. The van der Waals surface area contributed by atoms with Crippen LogP contribution in [0.2, 0.25) is 0 Å². The molecule has 2 unspecified atom stereocenters. The number of aromatic nitrogens is 21. The van der Waals surface area contributed by atoms with Crippen LogP contribution in [0.4, 0.5) is 5.69 Å². The number of rotatable bonds is 13. The molecule has 6 aliphatic rings. The average Bonchev–Trinajstić information content (AvgIpc) is 1.67. The largest absolute Gasteiger partial charge is 0.395 e. The van der Waals surface area contributed by atoms with E-state index in [-0.39, 0.29) is 34.4 Å². The van der Waals surface area contributed by atoms with E-state index in [0.717, 1.165) is 218 Å². The second-order valence-electron chi connectivity index (χ2n) is 39.7. The van der Waals surface area contributed by atoms with E-state index in [2.05, 4.69) is 105 Å². The van der Waals surface area contributed by atoms with Gasteiger partial charge in [-0.2, -0.15) is 25.5 Å². The lowest BCUT2D eigenvalue weighted by molar-refractivity contribution is 0.164. The number of nitrogens with one attached hydrogen (secondary N) is 2. The number of benzene rings is 4. The maximum atomic E-state index is 13.0. The molecule has 0 amide bonds. The van der Waals surface area contributed by atoms with Crippen LogP contribution in [0.5, 0.6) is 0 Å². The minimum Gasteiger partial charge on any atom is -0.395 e. The maximum absolute atomic E-state index is 13.0. The monoisotopic (exact) mass is 1940 g/mol. The highest BCUT2D eigenvalue weighted by molar-refractivity contribution is 5.87. The molecule has 0 aliphatic carbocycles. The molecule has 3 N–H and O–H groups in total. The summed E-state index contributed by atoms with van der Waals surface area (Å²) in [5, 5.41) is 41.9. The van der Waals surface area contributed by atoms with E-state index in [1.807, 2.05) is 232 Å². The van der Waals surface area contributed by atoms with Crippen molar-refractivity contribution in [3.05, 3.63) is 317 Å². The number of aliphatic hydroxyl groups excluding tert-OH is 1. The van der Waals surface area contributed by atoms with Crippen molar-refractivity contribution >= 4 is 83.1 Å². The van der Waals surface area contributed by atoms with E-state index in [1.54, 1.807) is 57.0 Å². The molecule has 0 spiro atoms. The molecule has 145 heavy (non-hydrogen) atoms. The van der Waals surface area contributed by atoms with Gasteiger partial charge in [-0.25, -0.2) is 29.4 Å². The van der Waals surface area contributed by atoms with Gasteiger partial charge in [-0.15, -0.1) is 0 Å². The van der Waals surface area contributed by atoms with Crippen LogP contribution in [0.25, 0.3) is 134 Å². The summed E-state index contributed by atoms with van der Waals surface area (Å²) in [4.78, 5) is 102. The number of pyridine rings is 5. The van der Waals surface area contributed by atoms with Gasteiger partial charge in [0.05, 0.1) is 105 Å². The number of hydrogen-bond acceptors (Lipinski definition) is 23. The van der Waals surface area contributed by atoms with Gasteiger partial charge in [0, 0.05) is 165 Å². The topological polar surface area (TPSA) is 331 Å². The van der Waals surface area contributed by atoms with Crippen LogP contribution in [0.1, 0.15) is 128 Å². The van der Waals surface area contributed by atoms with Gasteiger partial charge in [0.1, 0.15) is 33.9 Å². The van der Waals surface area contributed by atoms with Gasteiger partial charge >= 0.3 is 0 Å². The van der Waals surface area contributed by atoms with Crippen LogP contribution in [0, 0.1) is 19.8 Å². The summed E-state index contributed by atoms with van der Waals surface area (Å²) in [5.41, 5.74) is 23.6. The Morgan fingerprint density at radius 2 is 0.759 bits per heavy atom. The summed E-state index contributed by atoms with van der Waals surface area (Å²) in [6, 6.07) is 55.1. The zero-order valence-electron chi connectivity index (χ0n) is 83.0. The van der Waals surface area contributed by atoms with Gasteiger partial charge in [-0.05, 0) is 293 Å². The molecule has 33 heteroatoms. The molecule has 20 aromatic rings. The molecule has 6 fully saturated rings. The maximum Gasteiger partial charge on any atom is 0.258 e. The van der Waals surface area contributed by atoms with Gasteiger partial charge in [0.15, 0.2) is 0 Å². The fourth-order valence-corrected chi connectivity index (χ4v) is 22.3. The smallest absolute Gasteiger partial charge is 0.258 e. The number of aliphatic hydroxyl groups is 1. The number of β-amino-alcohol motifs (C(OH)–C–C–N with tert-alkyl or cyclic N) is 1. The number of anilines is 1. The molecule has 16 aromatic heterocycles. The number of piperidine rings is 5. The van der Waals surface area contributed by atoms with Crippen LogP contribution < -0.4 is 43.3 Å². The van der Waals surface area contributed by atoms with E-state index >= 15 is 0 Å².